The molecule has 0 amide bonds. The van der Waals surface area contributed by atoms with E-state index in [0.717, 1.165) is 19.5 Å². The predicted octanol–water partition coefficient (Wildman–Crippen LogP) is 4.37. The molecule has 0 saturated carbocycles. The Morgan fingerprint density at radius 2 is 1.63 bits per heavy atom. The minimum Gasteiger partial charge on any atom is -0.369 e. The molecule has 1 rings (SSSR count). The van der Waals surface area contributed by atoms with E-state index in [1.54, 1.807) is 0 Å². The Hall–Kier alpha value is -1.02. The molecule has 0 aliphatic carbocycles. The predicted molar refractivity (Wildman–Crippen MR) is 85.9 cm³/mol. The lowest BCUT2D eigenvalue weighted by molar-refractivity contribution is 0.537. The zero-order valence-electron chi connectivity index (χ0n) is 13.2. The van der Waals surface area contributed by atoms with Crippen LogP contribution in [0.4, 0.5) is 5.69 Å². The standard InChI is InChI=1S/C17H30N2/c1-6-14(5)19(9-4)16-12-10-15(11-13-16)17(7-2)18-8-3/h10-14,17-18H,6-9H2,1-5H3. The molecule has 0 spiro atoms. The van der Waals surface area contributed by atoms with Crippen molar-refractivity contribution in [2.45, 2.75) is 59.5 Å². The van der Waals surface area contributed by atoms with Crippen LogP contribution in [-0.2, 0) is 0 Å². The summed E-state index contributed by atoms with van der Waals surface area (Å²) in [6.07, 6.45) is 2.32. The van der Waals surface area contributed by atoms with Crippen LogP contribution in [0.25, 0.3) is 0 Å². The minimum atomic E-state index is 0.484. The molecule has 2 heteroatoms. The fourth-order valence-electron chi connectivity index (χ4n) is 2.61. The SMILES string of the molecule is CCNC(CC)c1ccc(N(CC)C(C)CC)cc1. The van der Waals surface area contributed by atoms with E-state index >= 15 is 0 Å². The van der Waals surface area contributed by atoms with Crippen molar-refractivity contribution in [2.24, 2.45) is 0 Å². The van der Waals surface area contributed by atoms with E-state index < -0.39 is 0 Å². The molecule has 0 heterocycles. The summed E-state index contributed by atoms with van der Waals surface area (Å²) in [5.74, 6) is 0. The number of nitrogens with zero attached hydrogens (tertiary/aromatic N) is 1. The van der Waals surface area contributed by atoms with E-state index in [1.807, 2.05) is 0 Å². The largest absolute Gasteiger partial charge is 0.369 e. The lowest BCUT2D eigenvalue weighted by atomic mass is 10.0. The normalized spacial score (nSPS) is 14.2. The molecule has 0 aliphatic heterocycles. The van der Waals surface area contributed by atoms with E-state index in [-0.39, 0.29) is 0 Å². The summed E-state index contributed by atoms with van der Waals surface area (Å²) in [5, 5.41) is 3.53. The Bertz CT molecular complexity index is 345. The first-order chi connectivity index (χ1) is 9.17. The van der Waals surface area contributed by atoms with Gasteiger partial charge < -0.3 is 10.2 Å². The third-order valence-corrected chi connectivity index (χ3v) is 3.95. The van der Waals surface area contributed by atoms with Crippen LogP contribution in [0, 0.1) is 0 Å². The van der Waals surface area contributed by atoms with Crippen LogP contribution in [0.3, 0.4) is 0 Å². The monoisotopic (exact) mass is 262 g/mol. The topological polar surface area (TPSA) is 15.3 Å². The van der Waals surface area contributed by atoms with Crippen LogP contribution in [0.5, 0.6) is 0 Å². The van der Waals surface area contributed by atoms with Gasteiger partial charge in [-0.2, -0.15) is 0 Å². The lowest BCUT2D eigenvalue weighted by Gasteiger charge is -2.30. The van der Waals surface area contributed by atoms with Crippen LogP contribution in [0.2, 0.25) is 0 Å². The summed E-state index contributed by atoms with van der Waals surface area (Å²) in [6, 6.07) is 10.2. The van der Waals surface area contributed by atoms with Gasteiger partial charge in [-0.05, 0) is 50.9 Å². The number of anilines is 1. The number of nitrogens with one attached hydrogen (secondary N) is 1. The van der Waals surface area contributed by atoms with Crippen molar-refractivity contribution >= 4 is 5.69 Å². The second kappa shape index (κ2) is 8.21. The first-order valence-corrected chi connectivity index (χ1v) is 7.77. The summed E-state index contributed by atoms with van der Waals surface area (Å²) < 4.78 is 0. The van der Waals surface area contributed by atoms with Gasteiger partial charge in [-0.1, -0.05) is 32.9 Å². The molecular weight excluding hydrogens is 232 g/mol. The highest BCUT2D eigenvalue weighted by atomic mass is 15.1. The molecule has 0 aliphatic rings. The van der Waals surface area contributed by atoms with E-state index in [0.29, 0.717) is 12.1 Å². The first-order valence-electron chi connectivity index (χ1n) is 7.77. The molecule has 2 unspecified atom stereocenters. The van der Waals surface area contributed by atoms with Gasteiger partial charge in [0.2, 0.25) is 0 Å². The molecule has 0 bridgehead atoms. The number of hydrogen-bond donors (Lipinski definition) is 1. The molecule has 0 saturated heterocycles. The van der Waals surface area contributed by atoms with Gasteiger partial charge in [-0.25, -0.2) is 0 Å². The molecular formula is C17H30N2. The zero-order chi connectivity index (χ0) is 14.3. The van der Waals surface area contributed by atoms with Gasteiger partial charge in [0.15, 0.2) is 0 Å². The van der Waals surface area contributed by atoms with E-state index in [9.17, 15) is 0 Å². The number of benzene rings is 1. The van der Waals surface area contributed by atoms with Gasteiger partial charge in [0.1, 0.15) is 0 Å². The summed E-state index contributed by atoms with van der Waals surface area (Å²) in [5.41, 5.74) is 2.74. The molecule has 1 N–H and O–H groups in total. The highest BCUT2D eigenvalue weighted by Gasteiger charge is 2.12. The Balaban J connectivity index is 2.85. The highest BCUT2D eigenvalue weighted by molar-refractivity contribution is 5.48. The maximum atomic E-state index is 3.53. The van der Waals surface area contributed by atoms with Crippen LogP contribution >= 0.6 is 0 Å². The van der Waals surface area contributed by atoms with Gasteiger partial charge in [0, 0.05) is 24.3 Å². The number of hydrogen-bond acceptors (Lipinski definition) is 2. The molecule has 2 nitrogen and oxygen atoms in total. The average Bonchev–Trinajstić information content (AvgIpc) is 2.46. The molecule has 19 heavy (non-hydrogen) atoms. The molecule has 2 atom stereocenters. The molecule has 0 fully saturated rings. The average molecular weight is 262 g/mol. The van der Waals surface area contributed by atoms with Crippen LogP contribution in [0.15, 0.2) is 24.3 Å². The molecule has 1 aromatic carbocycles. The number of rotatable bonds is 8. The van der Waals surface area contributed by atoms with Gasteiger partial charge >= 0.3 is 0 Å². The van der Waals surface area contributed by atoms with E-state index in [1.165, 1.54) is 17.7 Å². The van der Waals surface area contributed by atoms with Crippen LogP contribution < -0.4 is 10.2 Å². The molecule has 0 aromatic heterocycles. The minimum absolute atomic E-state index is 0.484. The third-order valence-electron chi connectivity index (χ3n) is 3.95. The summed E-state index contributed by atoms with van der Waals surface area (Å²) in [6.45, 7) is 13.3. The Labute approximate surface area is 119 Å². The van der Waals surface area contributed by atoms with E-state index in [2.05, 4.69) is 69.1 Å². The second-order valence-corrected chi connectivity index (χ2v) is 5.15. The van der Waals surface area contributed by atoms with Crippen molar-refractivity contribution in [1.29, 1.82) is 0 Å². The van der Waals surface area contributed by atoms with Gasteiger partial charge in [0.25, 0.3) is 0 Å². The smallest absolute Gasteiger partial charge is 0.0368 e. The second-order valence-electron chi connectivity index (χ2n) is 5.15. The highest BCUT2D eigenvalue weighted by Crippen LogP contribution is 2.23. The maximum absolute atomic E-state index is 3.53. The van der Waals surface area contributed by atoms with Gasteiger partial charge in [-0.3, -0.25) is 0 Å². The fourth-order valence-corrected chi connectivity index (χ4v) is 2.61. The Kier molecular flexibility index (Phi) is 6.93. The summed E-state index contributed by atoms with van der Waals surface area (Å²) in [7, 11) is 0. The Morgan fingerprint density at radius 1 is 1.00 bits per heavy atom. The third kappa shape index (κ3) is 4.24. The van der Waals surface area contributed by atoms with Crippen molar-refractivity contribution in [3.63, 3.8) is 0 Å². The summed E-state index contributed by atoms with van der Waals surface area (Å²) in [4.78, 5) is 2.47. The lowest BCUT2D eigenvalue weighted by Crippen LogP contribution is -2.32. The molecule has 108 valence electrons. The maximum Gasteiger partial charge on any atom is 0.0368 e. The van der Waals surface area contributed by atoms with Crippen molar-refractivity contribution in [2.75, 3.05) is 18.0 Å². The van der Waals surface area contributed by atoms with Crippen LogP contribution in [-0.4, -0.2) is 19.1 Å². The summed E-state index contributed by atoms with van der Waals surface area (Å²) >= 11 is 0. The van der Waals surface area contributed by atoms with Crippen molar-refractivity contribution in [1.82, 2.24) is 5.32 Å². The molecule has 1 aromatic rings. The zero-order valence-corrected chi connectivity index (χ0v) is 13.2. The van der Waals surface area contributed by atoms with Gasteiger partial charge in [0.05, 0.1) is 0 Å². The van der Waals surface area contributed by atoms with Gasteiger partial charge in [-0.15, -0.1) is 0 Å². The Morgan fingerprint density at radius 3 is 2.05 bits per heavy atom. The fraction of sp³-hybridized carbons (Fsp3) is 0.647. The quantitative estimate of drug-likeness (QED) is 0.748. The van der Waals surface area contributed by atoms with Crippen molar-refractivity contribution in [3.05, 3.63) is 29.8 Å². The first kappa shape index (κ1) is 16.0. The van der Waals surface area contributed by atoms with Crippen LogP contribution in [0.1, 0.15) is 59.1 Å². The van der Waals surface area contributed by atoms with E-state index in [4.69, 9.17) is 0 Å². The molecule has 0 radical (unpaired) electrons. The van der Waals surface area contributed by atoms with Crippen molar-refractivity contribution < 1.29 is 0 Å². The van der Waals surface area contributed by atoms with Crippen molar-refractivity contribution in [3.8, 4) is 0 Å².